The predicted molar refractivity (Wildman–Crippen MR) is 92.7 cm³/mol. The molecule has 0 atom stereocenters. The first-order valence-electron chi connectivity index (χ1n) is 8.02. The van der Waals surface area contributed by atoms with Crippen LogP contribution in [0.3, 0.4) is 0 Å². The molecule has 23 heavy (non-hydrogen) atoms. The molecule has 0 unspecified atom stereocenters. The van der Waals surface area contributed by atoms with Crippen molar-refractivity contribution in [2.24, 2.45) is 0 Å². The Balaban J connectivity index is 2.37. The molecule has 2 aromatic rings. The summed E-state index contributed by atoms with van der Waals surface area (Å²) in [6, 6.07) is 9.96. The number of aromatic nitrogens is 2. The normalized spacial score (nSPS) is 11.7. The van der Waals surface area contributed by atoms with E-state index in [0.717, 1.165) is 17.8 Å². The zero-order valence-electron chi connectivity index (χ0n) is 14.7. The van der Waals surface area contributed by atoms with Crippen molar-refractivity contribution in [2.45, 2.75) is 26.3 Å². The van der Waals surface area contributed by atoms with Crippen LogP contribution in [-0.4, -0.2) is 42.9 Å². The largest absolute Gasteiger partial charge is 0.346 e. The fourth-order valence-corrected chi connectivity index (χ4v) is 2.42. The minimum atomic E-state index is -0.197. The summed E-state index contributed by atoms with van der Waals surface area (Å²) in [7, 11) is 4.14. The number of nitrogens with one attached hydrogen (secondary N) is 2. The Labute approximate surface area is 138 Å². The van der Waals surface area contributed by atoms with E-state index < -0.39 is 0 Å². The summed E-state index contributed by atoms with van der Waals surface area (Å²) in [6.45, 7) is 7.80. The number of rotatable bonds is 5. The number of carbonyl (C=O) groups excluding carboxylic acids is 1. The van der Waals surface area contributed by atoms with E-state index in [1.807, 2.05) is 35.0 Å². The SMILES string of the molecule is C[NH+](C)CCNC(=O)c1cnn(C(C)(C)C)c1-c1ccccc1. The first-order valence-corrected chi connectivity index (χ1v) is 8.02. The van der Waals surface area contributed by atoms with Crippen molar-refractivity contribution >= 4 is 5.91 Å². The van der Waals surface area contributed by atoms with Gasteiger partial charge in [0.15, 0.2) is 0 Å². The van der Waals surface area contributed by atoms with E-state index in [4.69, 9.17) is 0 Å². The van der Waals surface area contributed by atoms with Crippen molar-refractivity contribution in [1.82, 2.24) is 15.1 Å². The molecule has 0 saturated heterocycles. The predicted octanol–water partition coefficient (Wildman–Crippen LogP) is 1.18. The monoisotopic (exact) mass is 315 g/mol. The molecule has 5 heteroatoms. The highest BCUT2D eigenvalue weighted by Crippen LogP contribution is 2.28. The summed E-state index contributed by atoms with van der Waals surface area (Å²) in [5.74, 6) is -0.0689. The minimum Gasteiger partial charge on any atom is -0.346 e. The summed E-state index contributed by atoms with van der Waals surface area (Å²) in [4.78, 5) is 13.9. The van der Waals surface area contributed by atoms with Gasteiger partial charge in [0.1, 0.15) is 0 Å². The van der Waals surface area contributed by atoms with Gasteiger partial charge in [-0.15, -0.1) is 0 Å². The number of hydrogen-bond acceptors (Lipinski definition) is 2. The molecule has 5 nitrogen and oxygen atoms in total. The van der Waals surface area contributed by atoms with Crippen LogP contribution >= 0.6 is 0 Å². The number of hydrogen-bond donors (Lipinski definition) is 2. The molecule has 0 aliphatic carbocycles. The highest BCUT2D eigenvalue weighted by atomic mass is 16.1. The number of carbonyl (C=O) groups is 1. The standard InChI is InChI=1S/C18H26N4O/c1-18(2,3)22-16(14-9-7-6-8-10-14)15(13-20-22)17(23)19-11-12-21(4)5/h6-10,13H,11-12H2,1-5H3,(H,19,23)/p+1. The summed E-state index contributed by atoms with van der Waals surface area (Å²) >= 11 is 0. The summed E-state index contributed by atoms with van der Waals surface area (Å²) in [5, 5.41) is 7.47. The molecule has 0 bridgehead atoms. The Morgan fingerprint density at radius 2 is 1.87 bits per heavy atom. The smallest absolute Gasteiger partial charge is 0.255 e. The lowest BCUT2D eigenvalue weighted by Gasteiger charge is -2.23. The highest BCUT2D eigenvalue weighted by molar-refractivity contribution is 5.99. The van der Waals surface area contributed by atoms with E-state index in [2.05, 4.69) is 45.3 Å². The van der Waals surface area contributed by atoms with E-state index in [1.165, 1.54) is 4.90 Å². The highest BCUT2D eigenvalue weighted by Gasteiger charge is 2.25. The molecule has 0 radical (unpaired) electrons. The third-order valence-corrected chi connectivity index (χ3v) is 3.61. The van der Waals surface area contributed by atoms with E-state index in [-0.39, 0.29) is 11.4 Å². The van der Waals surface area contributed by atoms with Crippen LogP contribution in [0.25, 0.3) is 11.3 Å². The second-order valence-corrected chi connectivity index (χ2v) is 7.07. The summed E-state index contributed by atoms with van der Waals surface area (Å²) < 4.78 is 1.93. The third kappa shape index (κ3) is 4.20. The summed E-state index contributed by atoms with van der Waals surface area (Å²) in [5.41, 5.74) is 2.30. The van der Waals surface area contributed by atoms with E-state index in [0.29, 0.717) is 12.1 Å². The van der Waals surface area contributed by atoms with Crippen molar-refractivity contribution in [2.75, 3.05) is 27.2 Å². The van der Waals surface area contributed by atoms with Gasteiger partial charge >= 0.3 is 0 Å². The van der Waals surface area contributed by atoms with Gasteiger partial charge in [-0.1, -0.05) is 30.3 Å². The molecule has 1 heterocycles. The first-order chi connectivity index (χ1) is 10.8. The number of benzene rings is 1. The lowest BCUT2D eigenvalue weighted by molar-refractivity contribution is -0.856. The maximum absolute atomic E-state index is 12.6. The second kappa shape index (κ2) is 6.96. The van der Waals surface area contributed by atoms with Gasteiger partial charge in [0.05, 0.1) is 50.2 Å². The molecule has 2 rings (SSSR count). The van der Waals surface area contributed by atoms with Crippen molar-refractivity contribution < 1.29 is 9.69 Å². The number of quaternary nitrogens is 1. The van der Waals surface area contributed by atoms with E-state index in [1.54, 1.807) is 6.20 Å². The zero-order valence-corrected chi connectivity index (χ0v) is 14.7. The van der Waals surface area contributed by atoms with Gasteiger partial charge in [-0.2, -0.15) is 5.10 Å². The lowest BCUT2D eigenvalue weighted by Crippen LogP contribution is -3.06. The fraction of sp³-hybridized carbons (Fsp3) is 0.444. The van der Waals surface area contributed by atoms with Gasteiger partial charge in [-0.25, -0.2) is 0 Å². The lowest BCUT2D eigenvalue weighted by atomic mass is 10.0. The first kappa shape index (κ1) is 17.2. The molecule has 124 valence electrons. The number of nitrogens with zero attached hydrogens (tertiary/aromatic N) is 2. The molecule has 0 saturated carbocycles. The number of likely N-dealkylation sites (N-methyl/N-ethyl adjacent to an activating group) is 1. The van der Waals surface area contributed by atoms with Crippen molar-refractivity contribution in [3.05, 3.63) is 42.1 Å². The van der Waals surface area contributed by atoms with Crippen LogP contribution in [0.5, 0.6) is 0 Å². The van der Waals surface area contributed by atoms with Crippen LogP contribution in [0.4, 0.5) is 0 Å². The molecular weight excluding hydrogens is 288 g/mol. The summed E-state index contributed by atoms with van der Waals surface area (Å²) in [6.07, 6.45) is 1.67. The van der Waals surface area contributed by atoms with Gasteiger partial charge in [0.25, 0.3) is 5.91 Å². The quantitative estimate of drug-likeness (QED) is 0.870. The molecule has 1 aromatic heterocycles. The number of amides is 1. The van der Waals surface area contributed by atoms with E-state index >= 15 is 0 Å². The Bertz CT molecular complexity index is 653. The van der Waals surface area contributed by atoms with Crippen LogP contribution in [0.15, 0.2) is 36.5 Å². The fourth-order valence-electron chi connectivity index (χ4n) is 2.42. The maximum Gasteiger partial charge on any atom is 0.255 e. The van der Waals surface area contributed by atoms with Crippen LogP contribution in [0.1, 0.15) is 31.1 Å². The Morgan fingerprint density at radius 3 is 2.43 bits per heavy atom. The van der Waals surface area contributed by atoms with Crippen molar-refractivity contribution in [3.63, 3.8) is 0 Å². The maximum atomic E-state index is 12.6. The van der Waals surface area contributed by atoms with Gasteiger partial charge < -0.3 is 10.2 Å². The van der Waals surface area contributed by atoms with Gasteiger partial charge in [0, 0.05) is 5.56 Å². The van der Waals surface area contributed by atoms with E-state index in [9.17, 15) is 4.79 Å². The molecule has 0 aliphatic heterocycles. The zero-order chi connectivity index (χ0) is 17.0. The van der Waals surface area contributed by atoms with Crippen LogP contribution < -0.4 is 10.2 Å². The molecule has 1 amide bonds. The molecule has 1 aromatic carbocycles. The van der Waals surface area contributed by atoms with Crippen LogP contribution in [-0.2, 0) is 5.54 Å². The minimum absolute atomic E-state index is 0.0689. The Kier molecular flexibility index (Phi) is 5.21. The van der Waals surface area contributed by atoms with Crippen molar-refractivity contribution in [3.8, 4) is 11.3 Å². The molecule has 0 aliphatic rings. The average Bonchev–Trinajstić information content (AvgIpc) is 2.92. The average molecular weight is 315 g/mol. The molecule has 0 spiro atoms. The topological polar surface area (TPSA) is 51.4 Å². The van der Waals surface area contributed by atoms with Crippen LogP contribution in [0.2, 0.25) is 0 Å². The van der Waals surface area contributed by atoms with Crippen LogP contribution in [0, 0.1) is 0 Å². The van der Waals surface area contributed by atoms with Gasteiger partial charge in [-0.05, 0) is 20.8 Å². The molecule has 0 fully saturated rings. The third-order valence-electron chi connectivity index (χ3n) is 3.61. The molecular formula is C18H27N4O+. The van der Waals surface area contributed by atoms with Gasteiger partial charge in [-0.3, -0.25) is 9.48 Å². The second-order valence-electron chi connectivity index (χ2n) is 7.07. The van der Waals surface area contributed by atoms with Crippen molar-refractivity contribution in [1.29, 1.82) is 0 Å². The Morgan fingerprint density at radius 1 is 1.22 bits per heavy atom. The Hall–Kier alpha value is -2.14. The molecule has 2 N–H and O–H groups in total. The van der Waals surface area contributed by atoms with Gasteiger partial charge in [0.2, 0.25) is 0 Å².